The first kappa shape index (κ1) is 17.4. The van der Waals surface area contributed by atoms with Crippen LogP contribution in [0, 0.1) is 5.92 Å². The van der Waals surface area contributed by atoms with Gasteiger partial charge in [-0.2, -0.15) is 5.10 Å². The van der Waals surface area contributed by atoms with Gasteiger partial charge >= 0.3 is 0 Å². The number of aromatic amines is 1. The molecule has 1 fully saturated rings. The first-order valence-electron chi connectivity index (χ1n) is 9.62. The minimum absolute atomic E-state index is 0.0805. The lowest BCUT2D eigenvalue weighted by atomic mass is 10.1. The molecule has 2 aromatic heterocycles. The highest BCUT2D eigenvalue weighted by Gasteiger charge is 2.36. The molecule has 3 heterocycles. The van der Waals surface area contributed by atoms with E-state index >= 15 is 0 Å². The second-order valence-electron chi connectivity index (χ2n) is 7.22. The number of carbonyl (C=O) groups is 2. The SMILES string of the molecule is O=C(NCCn1cnc2ccccc21)[C@H]1CC(=O)N(c2n[nH]c3ccccc23)C1. The van der Waals surface area contributed by atoms with Crippen molar-refractivity contribution in [2.45, 2.75) is 13.0 Å². The van der Waals surface area contributed by atoms with Gasteiger partial charge in [-0.3, -0.25) is 19.6 Å². The molecule has 0 unspecified atom stereocenters. The van der Waals surface area contributed by atoms with Crippen LogP contribution in [0.5, 0.6) is 0 Å². The van der Waals surface area contributed by atoms with Crippen LogP contribution in [-0.4, -0.2) is 44.7 Å². The Labute approximate surface area is 166 Å². The highest BCUT2D eigenvalue weighted by Crippen LogP contribution is 2.29. The second-order valence-corrected chi connectivity index (χ2v) is 7.22. The summed E-state index contributed by atoms with van der Waals surface area (Å²) in [4.78, 5) is 31.1. The van der Waals surface area contributed by atoms with Crippen molar-refractivity contribution in [3.8, 4) is 0 Å². The molecule has 4 aromatic rings. The summed E-state index contributed by atoms with van der Waals surface area (Å²) in [5.74, 6) is 0.0244. The lowest BCUT2D eigenvalue weighted by Gasteiger charge is -2.14. The molecule has 0 radical (unpaired) electrons. The number of para-hydroxylation sites is 3. The summed E-state index contributed by atoms with van der Waals surface area (Å²) >= 11 is 0. The van der Waals surface area contributed by atoms with Crippen molar-refractivity contribution in [2.24, 2.45) is 5.92 Å². The smallest absolute Gasteiger partial charge is 0.229 e. The molecule has 5 rings (SSSR count). The molecule has 1 saturated heterocycles. The number of hydrogen-bond donors (Lipinski definition) is 2. The van der Waals surface area contributed by atoms with Crippen LogP contribution in [0.3, 0.4) is 0 Å². The largest absolute Gasteiger partial charge is 0.354 e. The number of aromatic nitrogens is 4. The maximum atomic E-state index is 12.6. The van der Waals surface area contributed by atoms with E-state index in [1.54, 1.807) is 11.2 Å². The molecule has 0 bridgehead atoms. The molecule has 2 N–H and O–H groups in total. The zero-order valence-electron chi connectivity index (χ0n) is 15.7. The van der Waals surface area contributed by atoms with E-state index in [9.17, 15) is 9.59 Å². The number of carbonyl (C=O) groups excluding carboxylic acids is 2. The minimum atomic E-state index is -0.377. The highest BCUT2D eigenvalue weighted by molar-refractivity contribution is 6.05. The first-order valence-corrected chi connectivity index (χ1v) is 9.62. The topological polar surface area (TPSA) is 95.9 Å². The fraction of sp³-hybridized carbons (Fsp3) is 0.238. The van der Waals surface area contributed by atoms with Crippen molar-refractivity contribution in [2.75, 3.05) is 18.0 Å². The zero-order chi connectivity index (χ0) is 19.8. The maximum absolute atomic E-state index is 12.6. The van der Waals surface area contributed by atoms with Gasteiger partial charge in [0.1, 0.15) is 0 Å². The van der Waals surface area contributed by atoms with Crippen molar-refractivity contribution in [1.82, 2.24) is 25.1 Å². The summed E-state index contributed by atoms with van der Waals surface area (Å²) in [6, 6.07) is 15.5. The lowest BCUT2D eigenvalue weighted by Crippen LogP contribution is -2.34. The van der Waals surface area contributed by atoms with Gasteiger partial charge in [-0.05, 0) is 24.3 Å². The number of benzene rings is 2. The van der Waals surface area contributed by atoms with Crippen LogP contribution in [-0.2, 0) is 16.1 Å². The van der Waals surface area contributed by atoms with Gasteiger partial charge in [-0.1, -0.05) is 24.3 Å². The fourth-order valence-corrected chi connectivity index (χ4v) is 3.88. The van der Waals surface area contributed by atoms with Gasteiger partial charge in [0, 0.05) is 31.4 Å². The Morgan fingerprint density at radius 1 is 1.17 bits per heavy atom. The van der Waals surface area contributed by atoms with E-state index in [0.29, 0.717) is 25.5 Å². The summed E-state index contributed by atoms with van der Waals surface area (Å²) < 4.78 is 2.01. The van der Waals surface area contributed by atoms with E-state index in [1.807, 2.05) is 53.1 Å². The van der Waals surface area contributed by atoms with Gasteiger partial charge in [0.25, 0.3) is 0 Å². The number of nitrogens with one attached hydrogen (secondary N) is 2. The predicted molar refractivity (Wildman–Crippen MR) is 109 cm³/mol. The molecule has 1 atom stereocenters. The molecule has 29 heavy (non-hydrogen) atoms. The molecule has 0 spiro atoms. The Bertz CT molecular complexity index is 1210. The van der Waals surface area contributed by atoms with E-state index in [0.717, 1.165) is 21.9 Å². The minimum Gasteiger partial charge on any atom is -0.354 e. The third kappa shape index (κ3) is 3.12. The Morgan fingerprint density at radius 2 is 2.00 bits per heavy atom. The third-order valence-electron chi connectivity index (χ3n) is 5.38. The molecule has 1 aliphatic heterocycles. The van der Waals surface area contributed by atoms with Crippen LogP contribution in [0.4, 0.5) is 5.82 Å². The Morgan fingerprint density at radius 3 is 2.93 bits per heavy atom. The molecule has 2 aromatic carbocycles. The van der Waals surface area contributed by atoms with Crippen molar-refractivity contribution in [3.63, 3.8) is 0 Å². The van der Waals surface area contributed by atoms with Gasteiger partial charge in [0.15, 0.2) is 5.82 Å². The van der Waals surface area contributed by atoms with Gasteiger partial charge < -0.3 is 9.88 Å². The predicted octanol–water partition coefficient (Wildman–Crippen LogP) is 2.08. The van der Waals surface area contributed by atoms with E-state index < -0.39 is 0 Å². The standard InChI is InChI=1S/C21H20N6O2/c28-19-11-14(12-27(19)20-15-5-1-2-6-16(15)24-25-20)21(29)22-9-10-26-13-23-17-7-3-4-8-18(17)26/h1-8,13-14H,9-12H2,(H,22,29)(H,24,25)/t14-/m0/s1. The number of imidazole rings is 1. The van der Waals surface area contributed by atoms with Crippen molar-refractivity contribution >= 4 is 39.6 Å². The van der Waals surface area contributed by atoms with Crippen LogP contribution in [0.1, 0.15) is 6.42 Å². The Kier molecular flexibility index (Phi) is 4.23. The van der Waals surface area contributed by atoms with Crippen molar-refractivity contribution in [1.29, 1.82) is 0 Å². The Balaban J connectivity index is 1.22. The number of hydrogen-bond acceptors (Lipinski definition) is 4. The molecular formula is C21H20N6O2. The van der Waals surface area contributed by atoms with Gasteiger partial charge in [0.2, 0.25) is 11.8 Å². The van der Waals surface area contributed by atoms with Crippen LogP contribution in [0.2, 0.25) is 0 Å². The number of amides is 2. The summed E-state index contributed by atoms with van der Waals surface area (Å²) in [5, 5.41) is 11.1. The van der Waals surface area contributed by atoms with Crippen LogP contribution in [0.25, 0.3) is 21.9 Å². The molecular weight excluding hydrogens is 368 g/mol. The number of anilines is 1. The molecule has 0 saturated carbocycles. The summed E-state index contributed by atoms with van der Waals surface area (Å²) in [7, 11) is 0. The number of H-pyrrole nitrogens is 1. The van der Waals surface area contributed by atoms with E-state index in [4.69, 9.17) is 0 Å². The summed E-state index contributed by atoms with van der Waals surface area (Å²) in [6.45, 7) is 1.45. The summed E-state index contributed by atoms with van der Waals surface area (Å²) in [5.41, 5.74) is 2.84. The Hall–Kier alpha value is -3.68. The molecule has 146 valence electrons. The average Bonchev–Trinajstić information content (AvgIpc) is 3.45. The monoisotopic (exact) mass is 388 g/mol. The normalized spacial score (nSPS) is 16.8. The van der Waals surface area contributed by atoms with E-state index in [2.05, 4.69) is 20.5 Å². The van der Waals surface area contributed by atoms with Crippen molar-refractivity contribution in [3.05, 3.63) is 54.9 Å². The quantitative estimate of drug-likeness (QED) is 0.547. The molecule has 8 nitrogen and oxygen atoms in total. The number of rotatable bonds is 5. The van der Waals surface area contributed by atoms with Crippen LogP contribution in [0.15, 0.2) is 54.9 Å². The maximum Gasteiger partial charge on any atom is 0.229 e. The molecule has 1 aliphatic rings. The van der Waals surface area contributed by atoms with E-state index in [1.165, 1.54) is 0 Å². The van der Waals surface area contributed by atoms with E-state index in [-0.39, 0.29) is 24.2 Å². The molecule has 2 amide bonds. The second kappa shape index (κ2) is 7.05. The van der Waals surface area contributed by atoms with Crippen molar-refractivity contribution < 1.29 is 9.59 Å². The number of fused-ring (bicyclic) bond motifs is 2. The van der Waals surface area contributed by atoms with Gasteiger partial charge in [0.05, 0.1) is 28.8 Å². The van der Waals surface area contributed by atoms with Crippen LogP contribution < -0.4 is 10.2 Å². The third-order valence-corrected chi connectivity index (χ3v) is 5.38. The summed E-state index contributed by atoms with van der Waals surface area (Å²) in [6.07, 6.45) is 1.97. The fourth-order valence-electron chi connectivity index (χ4n) is 3.88. The molecule has 8 heteroatoms. The average molecular weight is 388 g/mol. The zero-order valence-corrected chi connectivity index (χ0v) is 15.7. The molecule has 0 aliphatic carbocycles. The van der Waals surface area contributed by atoms with Gasteiger partial charge in [-0.15, -0.1) is 0 Å². The lowest BCUT2D eigenvalue weighted by molar-refractivity contribution is -0.126. The van der Waals surface area contributed by atoms with Gasteiger partial charge in [-0.25, -0.2) is 4.98 Å². The van der Waals surface area contributed by atoms with Crippen LogP contribution >= 0.6 is 0 Å². The number of nitrogens with zero attached hydrogens (tertiary/aromatic N) is 4. The first-order chi connectivity index (χ1) is 14.2. The highest BCUT2D eigenvalue weighted by atomic mass is 16.2.